The second-order valence-electron chi connectivity index (χ2n) is 4.79. The molecule has 3 nitrogen and oxygen atoms in total. The molecular weight excluding hydrogens is 294 g/mol. The molecule has 0 unspecified atom stereocenters. The standard InChI is InChI=1S/C18H17NO2S/c1-16-11-13-18(14-12-16)22(20,21)19(2)15-7-6-10-17-8-4-3-5-9-17/h3-6,8-14H,1-2H3/b10-6+. The van der Waals surface area contributed by atoms with Gasteiger partial charge in [0.05, 0.1) is 4.90 Å². The molecule has 0 bridgehead atoms. The van der Waals surface area contributed by atoms with Crippen molar-refractivity contribution in [1.29, 1.82) is 0 Å². The Hall–Kier alpha value is -2.51. The molecular formula is C18H17NO2S. The highest BCUT2D eigenvalue weighted by molar-refractivity contribution is 7.89. The Morgan fingerprint density at radius 2 is 1.64 bits per heavy atom. The fraction of sp³-hybridized carbons (Fsp3) is 0.111. The average molecular weight is 311 g/mol. The fourth-order valence-electron chi connectivity index (χ4n) is 1.76. The summed E-state index contributed by atoms with van der Waals surface area (Å²) in [4.78, 5) is 0.238. The van der Waals surface area contributed by atoms with Gasteiger partial charge in [0.15, 0.2) is 0 Å². The van der Waals surface area contributed by atoms with Gasteiger partial charge in [-0.3, -0.25) is 0 Å². The molecule has 22 heavy (non-hydrogen) atoms. The average Bonchev–Trinajstić information content (AvgIpc) is 2.52. The molecule has 0 atom stereocenters. The van der Waals surface area contributed by atoms with Crippen LogP contribution in [0.3, 0.4) is 0 Å². The molecule has 0 N–H and O–H groups in total. The highest BCUT2D eigenvalue weighted by Crippen LogP contribution is 2.14. The maximum Gasteiger partial charge on any atom is 0.270 e. The van der Waals surface area contributed by atoms with Gasteiger partial charge in [0.25, 0.3) is 10.0 Å². The third-order valence-corrected chi connectivity index (χ3v) is 4.74. The van der Waals surface area contributed by atoms with Crippen molar-refractivity contribution >= 4 is 16.1 Å². The Labute approximate surface area is 132 Å². The first-order chi connectivity index (χ1) is 10.5. The number of aryl methyl sites for hydroxylation is 1. The van der Waals surface area contributed by atoms with E-state index < -0.39 is 10.0 Å². The van der Waals surface area contributed by atoms with Crippen LogP contribution in [0, 0.1) is 18.9 Å². The number of rotatable bonds is 3. The third-order valence-electron chi connectivity index (χ3n) is 3.06. The SMILES string of the molecule is Cc1ccc(S(=O)(=O)N(C)C#C/C=C/c2ccccc2)cc1. The molecule has 0 fully saturated rings. The normalized spacial score (nSPS) is 11.0. The van der Waals surface area contributed by atoms with Crippen molar-refractivity contribution in [3.05, 3.63) is 71.8 Å². The van der Waals surface area contributed by atoms with E-state index in [9.17, 15) is 8.42 Å². The van der Waals surface area contributed by atoms with E-state index in [2.05, 4.69) is 12.0 Å². The van der Waals surface area contributed by atoms with Gasteiger partial charge in [-0.15, -0.1) is 0 Å². The molecule has 0 heterocycles. The second kappa shape index (κ2) is 6.97. The first kappa shape index (κ1) is 15.9. The van der Waals surface area contributed by atoms with Crippen molar-refractivity contribution in [2.75, 3.05) is 7.05 Å². The minimum Gasteiger partial charge on any atom is -0.227 e. The molecule has 0 aromatic heterocycles. The Morgan fingerprint density at radius 3 is 2.27 bits per heavy atom. The predicted molar refractivity (Wildman–Crippen MR) is 89.4 cm³/mol. The van der Waals surface area contributed by atoms with Crippen LogP contribution in [0.5, 0.6) is 0 Å². The van der Waals surface area contributed by atoms with Crippen molar-refractivity contribution in [3.63, 3.8) is 0 Å². The first-order valence-corrected chi connectivity index (χ1v) is 8.22. The molecule has 0 saturated heterocycles. The van der Waals surface area contributed by atoms with E-state index in [-0.39, 0.29) is 4.90 Å². The largest absolute Gasteiger partial charge is 0.270 e. The second-order valence-corrected chi connectivity index (χ2v) is 6.76. The lowest BCUT2D eigenvalue weighted by Crippen LogP contribution is -2.21. The van der Waals surface area contributed by atoms with Crippen LogP contribution in [0.4, 0.5) is 0 Å². The summed E-state index contributed by atoms with van der Waals surface area (Å²) in [6.07, 6.45) is 3.47. The van der Waals surface area contributed by atoms with Gasteiger partial charge in [-0.1, -0.05) is 53.9 Å². The Kier molecular flexibility index (Phi) is 5.03. The summed E-state index contributed by atoms with van der Waals surface area (Å²) < 4.78 is 25.6. The minimum atomic E-state index is -3.58. The molecule has 0 spiro atoms. The Balaban J connectivity index is 2.12. The summed E-state index contributed by atoms with van der Waals surface area (Å²) in [6.45, 7) is 1.91. The molecule has 0 aliphatic carbocycles. The van der Waals surface area contributed by atoms with Gasteiger partial charge in [-0.25, -0.2) is 12.7 Å². The van der Waals surface area contributed by atoms with Crippen LogP contribution in [0.2, 0.25) is 0 Å². The van der Waals surface area contributed by atoms with Crippen LogP contribution < -0.4 is 0 Å². The molecule has 2 rings (SSSR count). The lowest BCUT2D eigenvalue weighted by atomic mass is 10.2. The van der Waals surface area contributed by atoms with Crippen molar-refractivity contribution < 1.29 is 8.42 Å². The highest BCUT2D eigenvalue weighted by Gasteiger charge is 2.17. The summed E-state index contributed by atoms with van der Waals surface area (Å²) >= 11 is 0. The van der Waals surface area contributed by atoms with Gasteiger partial charge in [0, 0.05) is 13.1 Å². The smallest absolute Gasteiger partial charge is 0.227 e. The number of sulfonamides is 1. The van der Waals surface area contributed by atoms with Gasteiger partial charge >= 0.3 is 0 Å². The van der Waals surface area contributed by atoms with Gasteiger partial charge < -0.3 is 0 Å². The van der Waals surface area contributed by atoms with Crippen LogP contribution in [0.1, 0.15) is 11.1 Å². The zero-order chi connectivity index (χ0) is 16.0. The molecule has 0 amide bonds. The van der Waals surface area contributed by atoms with Crippen molar-refractivity contribution in [2.45, 2.75) is 11.8 Å². The monoisotopic (exact) mass is 311 g/mol. The molecule has 2 aromatic rings. The van der Waals surface area contributed by atoms with Crippen LogP contribution in [0.25, 0.3) is 6.08 Å². The van der Waals surface area contributed by atoms with E-state index in [1.807, 2.05) is 43.3 Å². The van der Waals surface area contributed by atoms with Crippen LogP contribution >= 0.6 is 0 Å². The quantitative estimate of drug-likeness (QED) is 0.644. The summed E-state index contributed by atoms with van der Waals surface area (Å²) in [5, 5.41) is 0. The first-order valence-electron chi connectivity index (χ1n) is 6.78. The highest BCUT2D eigenvalue weighted by atomic mass is 32.2. The van der Waals surface area contributed by atoms with E-state index in [1.54, 1.807) is 30.3 Å². The van der Waals surface area contributed by atoms with E-state index in [0.29, 0.717) is 0 Å². The Bertz CT molecular complexity index is 811. The number of nitrogens with zero attached hydrogens (tertiary/aromatic N) is 1. The number of hydrogen-bond acceptors (Lipinski definition) is 2. The van der Waals surface area contributed by atoms with Gasteiger partial charge in [0.1, 0.15) is 0 Å². The maximum atomic E-state index is 12.3. The lowest BCUT2D eigenvalue weighted by molar-refractivity contribution is 0.547. The summed E-state index contributed by atoms with van der Waals surface area (Å²) in [5.74, 6) is 2.74. The van der Waals surface area contributed by atoms with Crippen molar-refractivity contribution in [1.82, 2.24) is 4.31 Å². The summed E-state index contributed by atoms with van der Waals surface area (Å²) in [7, 11) is -2.13. The minimum absolute atomic E-state index is 0.238. The van der Waals surface area contributed by atoms with E-state index in [4.69, 9.17) is 0 Å². The zero-order valence-electron chi connectivity index (χ0n) is 12.5. The lowest BCUT2D eigenvalue weighted by Gasteiger charge is -2.11. The van der Waals surface area contributed by atoms with E-state index in [1.165, 1.54) is 7.05 Å². The van der Waals surface area contributed by atoms with E-state index >= 15 is 0 Å². The Morgan fingerprint density at radius 1 is 1.00 bits per heavy atom. The molecule has 0 radical (unpaired) electrons. The van der Waals surface area contributed by atoms with Crippen molar-refractivity contribution in [3.8, 4) is 12.0 Å². The fourth-order valence-corrected chi connectivity index (χ4v) is 2.73. The number of allylic oxidation sites excluding steroid dienone is 1. The number of benzene rings is 2. The number of hydrogen-bond donors (Lipinski definition) is 0. The maximum absolute atomic E-state index is 12.3. The van der Waals surface area contributed by atoms with Crippen LogP contribution in [0.15, 0.2) is 65.6 Å². The molecule has 2 aromatic carbocycles. The summed E-state index contributed by atoms with van der Waals surface area (Å²) in [5.41, 5.74) is 2.03. The van der Waals surface area contributed by atoms with Crippen molar-refractivity contribution in [2.24, 2.45) is 0 Å². The zero-order valence-corrected chi connectivity index (χ0v) is 13.3. The molecule has 0 aliphatic heterocycles. The predicted octanol–water partition coefficient (Wildman–Crippen LogP) is 3.29. The molecule has 0 aliphatic rings. The van der Waals surface area contributed by atoms with Gasteiger partial charge in [-0.05, 0) is 36.8 Å². The van der Waals surface area contributed by atoms with Crippen LogP contribution in [-0.2, 0) is 10.0 Å². The third kappa shape index (κ3) is 4.00. The topological polar surface area (TPSA) is 37.4 Å². The van der Waals surface area contributed by atoms with Gasteiger partial charge in [-0.2, -0.15) is 0 Å². The van der Waals surface area contributed by atoms with Gasteiger partial charge in [0.2, 0.25) is 0 Å². The van der Waals surface area contributed by atoms with Crippen LogP contribution in [-0.4, -0.2) is 19.8 Å². The molecule has 0 saturated carbocycles. The summed E-state index contributed by atoms with van der Waals surface area (Å²) in [6, 6.07) is 19.0. The molecule has 112 valence electrons. The van der Waals surface area contributed by atoms with E-state index in [0.717, 1.165) is 15.4 Å². The molecule has 4 heteroatoms.